The predicted octanol–water partition coefficient (Wildman–Crippen LogP) is 4.56. The first kappa shape index (κ1) is 15.0. The van der Waals surface area contributed by atoms with Gasteiger partial charge in [-0.2, -0.15) is 0 Å². The van der Waals surface area contributed by atoms with Crippen LogP contribution in [0.4, 0.5) is 11.4 Å². The summed E-state index contributed by atoms with van der Waals surface area (Å²) in [5.41, 5.74) is 6.12. The lowest BCUT2D eigenvalue weighted by Crippen LogP contribution is -2.29. The maximum absolute atomic E-state index is 12.4. The van der Waals surface area contributed by atoms with E-state index in [9.17, 15) is 4.79 Å². The number of fused-ring (bicyclic) bond motifs is 1. The van der Waals surface area contributed by atoms with Crippen molar-refractivity contribution >= 4 is 28.4 Å². The third-order valence-electron chi connectivity index (χ3n) is 5.07. The quantitative estimate of drug-likeness (QED) is 0.823. The van der Waals surface area contributed by atoms with Crippen molar-refractivity contribution in [2.24, 2.45) is 0 Å². The van der Waals surface area contributed by atoms with Crippen LogP contribution < -0.4 is 10.2 Å². The van der Waals surface area contributed by atoms with Crippen LogP contribution in [-0.4, -0.2) is 19.0 Å². The van der Waals surface area contributed by atoms with E-state index in [1.165, 1.54) is 24.9 Å². The predicted molar refractivity (Wildman–Crippen MR) is 100 cm³/mol. The lowest BCUT2D eigenvalue weighted by molar-refractivity contribution is -0.110. The van der Waals surface area contributed by atoms with Gasteiger partial charge in [0.2, 0.25) is 0 Å². The first-order valence-electron chi connectivity index (χ1n) is 8.71. The Labute approximate surface area is 143 Å². The molecule has 2 heterocycles. The first-order valence-corrected chi connectivity index (χ1v) is 8.71. The van der Waals surface area contributed by atoms with Gasteiger partial charge in [-0.3, -0.25) is 4.79 Å². The monoisotopic (exact) mass is 318 g/mol. The Bertz CT molecular complexity index is 799. The van der Waals surface area contributed by atoms with Crippen LogP contribution in [0.5, 0.6) is 0 Å². The van der Waals surface area contributed by atoms with Gasteiger partial charge in [-0.25, -0.2) is 0 Å². The molecule has 0 aromatic heterocycles. The zero-order valence-electron chi connectivity index (χ0n) is 14.0. The van der Waals surface area contributed by atoms with E-state index < -0.39 is 0 Å². The normalized spacial score (nSPS) is 19.0. The van der Waals surface area contributed by atoms with E-state index in [0.717, 1.165) is 41.1 Å². The van der Waals surface area contributed by atoms with Crippen LogP contribution in [0.1, 0.15) is 37.3 Å². The van der Waals surface area contributed by atoms with Gasteiger partial charge >= 0.3 is 0 Å². The molecule has 0 atom stereocenters. The standard InChI is InChI=1S/C21H22N2O/c1-15(20-18-7-3-4-8-19(18)22-21(20)24)16-9-11-17(12-10-16)23-13-5-2-6-14-23/h3-4,7-12H,2,5-6,13-14H2,1H3,(H,22,24)/b20-15+. The van der Waals surface area contributed by atoms with E-state index in [1.54, 1.807) is 0 Å². The third-order valence-corrected chi connectivity index (χ3v) is 5.07. The molecule has 2 aromatic carbocycles. The molecule has 0 saturated carbocycles. The Hall–Kier alpha value is -2.55. The highest BCUT2D eigenvalue weighted by atomic mass is 16.2. The number of hydrogen-bond donors (Lipinski definition) is 1. The molecule has 122 valence electrons. The molecular weight excluding hydrogens is 296 g/mol. The van der Waals surface area contributed by atoms with Gasteiger partial charge in [0.1, 0.15) is 0 Å². The van der Waals surface area contributed by atoms with E-state index >= 15 is 0 Å². The fraction of sp³-hybridized carbons (Fsp3) is 0.286. The van der Waals surface area contributed by atoms with Crippen LogP contribution in [0.25, 0.3) is 11.1 Å². The van der Waals surface area contributed by atoms with Gasteiger partial charge in [0.05, 0.1) is 5.57 Å². The lowest BCUT2D eigenvalue weighted by atomic mass is 9.96. The maximum atomic E-state index is 12.4. The fourth-order valence-electron chi connectivity index (χ4n) is 3.71. The van der Waals surface area contributed by atoms with Crippen LogP contribution >= 0.6 is 0 Å². The van der Waals surface area contributed by atoms with Crippen molar-refractivity contribution in [2.75, 3.05) is 23.3 Å². The molecule has 1 N–H and O–H groups in total. The molecule has 2 aliphatic heterocycles. The number of rotatable bonds is 2. The number of allylic oxidation sites excluding steroid dienone is 1. The number of amides is 1. The van der Waals surface area contributed by atoms with Crippen LogP contribution in [0.2, 0.25) is 0 Å². The van der Waals surface area contributed by atoms with Gasteiger partial charge in [0, 0.05) is 30.0 Å². The van der Waals surface area contributed by atoms with Crippen LogP contribution in [0.3, 0.4) is 0 Å². The summed E-state index contributed by atoms with van der Waals surface area (Å²) in [5.74, 6) is -0.00573. The van der Waals surface area contributed by atoms with Crippen molar-refractivity contribution in [3.63, 3.8) is 0 Å². The molecular formula is C21H22N2O. The molecule has 1 saturated heterocycles. The second-order valence-electron chi connectivity index (χ2n) is 6.59. The summed E-state index contributed by atoms with van der Waals surface area (Å²) < 4.78 is 0. The number of carbonyl (C=O) groups excluding carboxylic acids is 1. The topological polar surface area (TPSA) is 32.3 Å². The number of para-hydroxylation sites is 1. The highest BCUT2D eigenvalue weighted by molar-refractivity contribution is 6.36. The zero-order chi connectivity index (χ0) is 16.5. The van der Waals surface area contributed by atoms with Crippen molar-refractivity contribution in [1.82, 2.24) is 0 Å². The van der Waals surface area contributed by atoms with Crippen molar-refractivity contribution in [3.05, 3.63) is 59.7 Å². The molecule has 0 radical (unpaired) electrons. The number of benzene rings is 2. The number of anilines is 2. The minimum absolute atomic E-state index is 0.00573. The van der Waals surface area contributed by atoms with Gasteiger partial charge < -0.3 is 10.2 Å². The minimum atomic E-state index is -0.00573. The maximum Gasteiger partial charge on any atom is 0.256 e. The third kappa shape index (κ3) is 2.60. The molecule has 1 fully saturated rings. The molecule has 2 aromatic rings. The van der Waals surface area contributed by atoms with Gasteiger partial charge in [-0.1, -0.05) is 30.3 Å². The van der Waals surface area contributed by atoms with E-state index in [1.807, 2.05) is 31.2 Å². The Kier molecular flexibility index (Phi) is 3.85. The first-order chi connectivity index (χ1) is 11.7. The van der Waals surface area contributed by atoms with Crippen molar-refractivity contribution in [3.8, 4) is 0 Å². The molecule has 3 heteroatoms. The molecule has 1 amide bonds. The summed E-state index contributed by atoms with van der Waals surface area (Å²) in [7, 11) is 0. The Morgan fingerprint density at radius 3 is 2.42 bits per heavy atom. The Balaban J connectivity index is 1.67. The average molecular weight is 318 g/mol. The highest BCUT2D eigenvalue weighted by Crippen LogP contribution is 2.36. The van der Waals surface area contributed by atoms with E-state index in [2.05, 4.69) is 34.5 Å². The minimum Gasteiger partial charge on any atom is -0.372 e. The van der Waals surface area contributed by atoms with E-state index in [-0.39, 0.29) is 5.91 Å². The van der Waals surface area contributed by atoms with Crippen LogP contribution in [0, 0.1) is 0 Å². The summed E-state index contributed by atoms with van der Waals surface area (Å²) >= 11 is 0. The second kappa shape index (κ2) is 6.16. The van der Waals surface area contributed by atoms with Gasteiger partial charge in [-0.05, 0) is 55.5 Å². The summed E-state index contributed by atoms with van der Waals surface area (Å²) in [5, 5.41) is 2.96. The Morgan fingerprint density at radius 1 is 0.958 bits per heavy atom. The van der Waals surface area contributed by atoms with Gasteiger partial charge in [-0.15, -0.1) is 0 Å². The van der Waals surface area contributed by atoms with E-state index in [0.29, 0.717) is 0 Å². The molecule has 0 unspecified atom stereocenters. The van der Waals surface area contributed by atoms with Gasteiger partial charge in [0.25, 0.3) is 5.91 Å². The highest BCUT2D eigenvalue weighted by Gasteiger charge is 2.25. The van der Waals surface area contributed by atoms with E-state index in [4.69, 9.17) is 0 Å². The zero-order valence-corrected chi connectivity index (χ0v) is 14.0. The van der Waals surface area contributed by atoms with Crippen molar-refractivity contribution in [1.29, 1.82) is 0 Å². The van der Waals surface area contributed by atoms with Crippen LogP contribution in [-0.2, 0) is 4.79 Å². The summed E-state index contributed by atoms with van der Waals surface area (Å²) in [6.07, 6.45) is 3.90. The number of piperidine rings is 1. The number of nitrogens with one attached hydrogen (secondary N) is 1. The summed E-state index contributed by atoms with van der Waals surface area (Å²) in [6.45, 7) is 4.33. The molecule has 3 nitrogen and oxygen atoms in total. The van der Waals surface area contributed by atoms with Gasteiger partial charge in [0.15, 0.2) is 0 Å². The molecule has 2 aliphatic rings. The molecule has 4 rings (SSSR count). The summed E-state index contributed by atoms with van der Waals surface area (Å²) in [4.78, 5) is 14.8. The summed E-state index contributed by atoms with van der Waals surface area (Å²) in [6, 6.07) is 16.5. The Morgan fingerprint density at radius 2 is 1.67 bits per heavy atom. The molecule has 0 spiro atoms. The SMILES string of the molecule is C/C(=C1\C(=O)Nc2ccccc21)c1ccc(N2CCCCC2)cc1. The number of carbonyl (C=O) groups is 1. The molecule has 0 bridgehead atoms. The molecule has 0 aliphatic carbocycles. The molecule has 24 heavy (non-hydrogen) atoms. The van der Waals surface area contributed by atoms with Crippen molar-refractivity contribution < 1.29 is 4.79 Å². The lowest BCUT2D eigenvalue weighted by Gasteiger charge is -2.29. The smallest absolute Gasteiger partial charge is 0.256 e. The average Bonchev–Trinajstić information content (AvgIpc) is 2.98. The van der Waals surface area contributed by atoms with Crippen LogP contribution in [0.15, 0.2) is 48.5 Å². The number of nitrogens with zero attached hydrogens (tertiary/aromatic N) is 1. The second-order valence-corrected chi connectivity index (χ2v) is 6.59. The number of hydrogen-bond acceptors (Lipinski definition) is 2. The van der Waals surface area contributed by atoms with Crippen molar-refractivity contribution in [2.45, 2.75) is 26.2 Å². The fourth-order valence-corrected chi connectivity index (χ4v) is 3.71. The largest absolute Gasteiger partial charge is 0.372 e.